The summed E-state index contributed by atoms with van der Waals surface area (Å²) in [6.45, 7) is 1.59. The predicted molar refractivity (Wildman–Crippen MR) is 79.3 cm³/mol. The molecule has 1 aromatic carbocycles. The van der Waals surface area contributed by atoms with Crippen LogP contribution in [0.1, 0.15) is 13.0 Å². The monoisotopic (exact) mass is 301 g/mol. The average Bonchev–Trinajstić information content (AvgIpc) is 3.00. The zero-order valence-electron chi connectivity index (χ0n) is 11.1. The van der Waals surface area contributed by atoms with Crippen LogP contribution in [0, 0.1) is 0 Å². The third kappa shape index (κ3) is 2.52. The van der Waals surface area contributed by atoms with Crippen LogP contribution in [0.15, 0.2) is 40.6 Å². The molecule has 3 aromatic rings. The van der Waals surface area contributed by atoms with Gasteiger partial charge in [-0.2, -0.15) is 4.68 Å². The second-order valence-corrected chi connectivity index (χ2v) is 5.25. The summed E-state index contributed by atoms with van der Waals surface area (Å²) in [6.07, 6.45) is 1.59. The van der Waals surface area contributed by atoms with Crippen LogP contribution in [0.4, 0.5) is 5.13 Å². The van der Waals surface area contributed by atoms with E-state index in [1.54, 1.807) is 42.8 Å². The van der Waals surface area contributed by atoms with E-state index >= 15 is 0 Å². The van der Waals surface area contributed by atoms with Crippen LogP contribution in [0.2, 0.25) is 0 Å². The molecule has 0 spiro atoms. The fourth-order valence-electron chi connectivity index (χ4n) is 1.86. The maximum absolute atomic E-state index is 12.3. The summed E-state index contributed by atoms with van der Waals surface area (Å²) in [5, 5.41) is 13.1. The van der Waals surface area contributed by atoms with E-state index in [9.17, 15) is 9.59 Å². The van der Waals surface area contributed by atoms with Gasteiger partial charge in [0.15, 0.2) is 5.13 Å². The molecular formula is C13H11N5O2S. The van der Waals surface area contributed by atoms with Crippen molar-refractivity contribution in [3.8, 4) is 0 Å². The number of fused-ring (bicyclic) bond motifs is 1. The Kier molecular flexibility index (Phi) is 3.44. The van der Waals surface area contributed by atoms with Gasteiger partial charge in [0.05, 0.1) is 5.39 Å². The first-order chi connectivity index (χ1) is 10.2. The van der Waals surface area contributed by atoms with Gasteiger partial charge in [0, 0.05) is 11.6 Å². The first-order valence-electron chi connectivity index (χ1n) is 6.21. The molecule has 2 aromatic heterocycles. The van der Waals surface area contributed by atoms with Crippen molar-refractivity contribution in [2.45, 2.75) is 13.0 Å². The standard InChI is InChI=1S/C13H11N5O2S/c1-8(11(19)15-13-14-6-7-21-13)18-12(20)9-4-2-3-5-10(9)16-17-18/h2-8H,1H3,(H,14,15,19)/t8-/m0/s1. The van der Waals surface area contributed by atoms with Crippen LogP contribution >= 0.6 is 11.3 Å². The lowest BCUT2D eigenvalue weighted by atomic mass is 10.2. The number of anilines is 1. The number of nitrogens with one attached hydrogen (secondary N) is 1. The molecule has 1 amide bonds. The number of hydrogen-bond donors (Lipinski definition) is 1. The maximum Gasteiger partial charge on any atom is 0.278 e. The van der Waals surface area contributed by atoms with Crippen molar-refractivity contribution in [3.05, 3.63) is 46.2 Å². The largest absolute Gasteiger partial charge is 0.300 e. The van der Waals surface area contributed by atoms with E-state index in [-0.39, 0.29) is 11.5 Å². The van der Waals surface area contributed by atoms with Crippen molar-refractivity contribution < 1.29 is 4.79 Å². The molecule has 21 heavy (non-hydrogen) atoms. The quantitative estimate of drug-likeness (QED) is 0.790. The normalized spacial score (nSPS) is 12.2. The Morgan fingerprint density at radius 3 is 2.95 bits per heavy atom. The average molecular weight is 301 g/mol. The molecule has 3 rings (SSSR count). The van der Waals surface area contributed by atoms with Gasteiger partial charge in [-0.05, 0) is 19.1 Å². The van der Waals surface area contributed by atoms with Gasteiger partial charge in [-0.3, -0.25) is 9.59 Å². The Bertz CT molecular complexity index is 843. The molecule has 0 radical (unpaired) electrons. The summed E-state index contributed by atoms with van der Waals surface area (Å²) in [5.41, 5.74) is 0.161. The predicted octanol–water partition coefficient (Wildman–Crippen LogP) is 1.45. The Hall–Kier alpha value is -2.61. The highest BCUT2D eigenvalue weighted by atomic mass is 32.1. The molecule has 7 nitrogen and oxygen atoms in total. The van der Waals surface area contributed by atoms with Gasteiger partial charge in [0.1, 0.15) is 11.6 Å². The third-order valence-corrected chi connectivity index (χ3v) is 3.69. The van der Waals surface area contributed by atoms with E-state index in [1.165, 1.54) is 11.3 Å². The summed E-state index contributed by atoms with van der Waals surface area (Å²) in [4.78, 5) is 28.4. The smallest absolute Gasteiger partial charge is 0.278 e. The summed E-state index contributed by atoms with van der Waals surface area (Å²) >= 11 is 1.30. The summed E-state index contributed by atoms with van der Waals surface area (Å²) in [6, 6.07) is 6.11. The van der Waals surface area contributed by atoms with Gasteiger partial charge < -0.3 is 5.32 Å². The third-order valence-electron chi connectivity index (χ3n) is 3.00. The summed E-state index contributed by atoms with van der Waals surface area (Å²) in [5.74, 6) is -0.364. The molecule has 8 heteroatoms. The molecule has 1 atom stereocenters. The van der Waals surface area contributed by atoms with Crippen molar-refractivity contribution >= 4 is 33.3 Å². The number of amides is 1. The molecule has 2 heterocycles. The van der Waals surface area contributed by atoms with Crippen molar-refractivity contribution in [1.82, 2.24) is 20.0 Å². The zero-order valence-corrected chi connectivity index (χ0v) is 11.9. The summed E-state index contributed by atoms with van der Waals surface area (Å²) < 4.78 is 1.07. The van der Waals surface area contributed by atoms with Crippen molar-refractivity contribution in [2.75, 3.05) is 5.32 Å². The van der Waals surface area contributed by atoms with Gasteiger partial charge in [-0.1, -0.05) is 17.3 Å². The van der Waals surface area contributed by atoms with E-state index in [2.05, 4.69) is 20.6 Å². The molecule has 0 saturated heterocycles. The van der Waals surface area contributed by atoms with Gasteiger partial charge in [-0.15, -0.1) is 16.4 Å². The number of thiazole rings is 1. The number of benzene rings is 1. The first kappa shape index (κ1) is 13.4. The zero-order chi connectivity index (χ0) is 14.8. The molecule has 0 unspecified atom stereocenters. The first-order valence-corrected chi connectivity index (χ1v) is 7.09. The van der Waals surface area contributed by atoms with Crippen LogP contribution in [-0.2, 0) is 4.79 Å². The number of nitrogens with zero attached hydrogens (tertiary/aromatic N) is 4. The molecular weight excluding hydrogens is 290 g/mol. The molecule has 0 aliphatic carbocycles. The highest BCUT2D eigenvalue weighted by Gasteiger charge is 2.19. The number of aromatic nitrogens is 4. The van der Waals surface area contributed by atoms with E-state index in [0.29, 0.717) is 16.0 Å². The highest BCUT2D eigenvalue weighted by Crippen LogP contribution is 2.13. The van der Waals surface area contributed by atoms with Crippen molar-refractivity contribution in [3.63, 3.8) is 0 Å². The lowest BCUT2D eigenvalue weighted by molar-refractivity contribution is -0.119. The van der Waals surface area contributed by atoms with Crippen LogP contribution in [0.25, 0.3) is 10.9 Å². The van der Waals surface area contributed by atoms with Crippen LogP contribution in [-0.4, -0.2) is 25.9 Å². The number of hydrogen-bond acceptors (Lipinski definition) is 6. The second-order valence-electron chi connectivity index (χ2n) is 4.36. The fourth-order valence-corrected chi connectivity index (χ4v) is 2.39. The second kappa shape index (κ2) is 5.41. The highest BCUT2D eigenvalue weighted by molar-refractivity contribution is 7.13. The topological polar surface area (TPSA) is 89.8 Å². The van der Waals surface area contributed by atoms with Gasteiger partial charge in [0.25, 0.3) is 11.5 Å². The van der Waals surface area contributed by atoms with Crippen LogP contribution < -0.4 is 10.9 Å². The van der Waals surface area contributed by atoms with Crippen LogP contribution in [0.3, 0.4) is 0 Å². The summed E-state index contributed by atoms with van der Waals surface area (Å²) in [7, 11) is 0. The molecule has 0 aliphatic heterocycles. The minimum absolute atomic E-state index is 0.345. The molecule has 0 bridgehead atoms. The van der Waals surface area contributed by atoms with E-state index in [4.69, 9.17) is 0 Å². The number of carbonyl (C=O) groups excluding carboxylic acids is 1. The minimum atomic E-state index is -0.779. The van der Waals surface area contributed by atoms with E-state index in [0.717, 1.165) is 4.68 Å². The van der Waals surface area contributed by atoms with E-state index < -0.39 is 6.04 Å². The van der Waals surface area contributed by atoms with Crippen molar-refractivity contribution in [2.24, 2.45) is 0 Å². The molecule has 0 saturated carbocycles. The molecule has 0 fully saturated rings. The lowest BCUT2D eigenvalue weighted by Gasteiger charge is -2.12. The Morgan fingerprint density at radius 2 is 2.19 bits per heavy atom. The fraction of sp³-hybridized carbons (Fsp3) is 0.154. The number of rotatable bonds is 3. The molecule has 106 valence electrons. The molecule has 0 aliphatic rings. The number of carbonyl (C=O) groups is 1. The molecule has 1 N–H and O–H groups in total. The van der Waals surface area contributed by atoms with E-state index in [1.807, 2.05) is 0 Å². The lowest BCUT2D eigenvalue weighted by Crippen LogP contribution is -2.34. The van der Waals surface area contributed by atoms with Gasteiger partial charge >= 0.3 is 0 Å². The van der Waals surface area contributed by atoms with Gasteiger partial charge in [-0.25, -0.2) is 4.98 Å². The minimum Gasteiger partial charge on any atom is -0.300 e. The van der Waals surface area contributed by atoms with Crippen LogP contribution in [0.5, 0.6) is 0 Å². The Labute approximate surface area is 123 Å². The van der Waals surface area contributed by atoms with Gasteiger partial charge in [0.2, 0.25) is 0 Å². The SMILES string of the molecule is C[C@@H](C(=O)Nc1nccs1)n1nnc2ccccc2c1=O. The Morgan fingerprint density at radius 1 is 1.38 bits per heavy atom. The van der Waals surface area contributed by atoms with Crippen molar-refractivity contribution in [1.29, 1.82) is 0 Å². The maximum atomic E-state index is 12.3. The Balaban J connectivity index is 1.94.